The molecule has 0 aliphatic rings. The highest BCUT2D eigenvalue weighted by molar-refractivity contribution is 5.60. The molecule has 0 radical (unpaired) electrons. The van der Waals surface area contributed by atoms with Crippen LogP contribution in [0.4, 0.5) is 11.8 Å². The minimum absolute atomic E-state index is 0.566. The second kappa shape index (κ2) is 6.27. The maximum absolute atomic E-state index is 4.29. The fraction of sp³-hybridized carbons (Fsp3) is 0.429. The molecule has 0 fully saturated rings. The van der Waals surface area contributed by atoms with Crippen molar-refractivity contribution < 1.29 is 0 Å². The Bertz CT molecular complexity index is 550. The highest BCUT2D eigenvalue weighted by Crippen LogP contribution is 2.18. The summed E-state index contributed by atoms with van der Waals surface area (Å²) in [6.07, 6.45) is 5.10. The Hall–Kier alpha value is -2.24. The first-order valence-corrected chi connectivity index (χ1v) is 6.62. The van der Waals surface area contributed by atoms with Crippen molar-refractivity contribution in [2.75, 3.05) is 30.9 Å². The molecule has 2 heterocycles. The Morgan fingerprint density at radius 2 is 1.80 bits per heavy atom. The molecule has 0 unspecified atom stereocenters. The van der Waals surface area contributed by atoms with E-state index in [4.69, 9.17) is 0 Å². The molecule has 0 saturated carbocycles. The molecule has 2 aromatic rings. The molecule has 1 N–H and O–H groups in total. The van der Waals surface area contributed by atoms with Crippen LogP contribution in [0, 0.1) is 5.92 Å². The van der Waals surface area contributed by atoms with Gasteiger partial charge in [0.25, 0.3) is 0 Å². The molecule has 6 heteroatoms. The summed E-state index contributed by atoms with van der Waals surface area (Å²) in [5.74, 6) is 2.07. The molecule has 2 rings (SSSR count). The Labute approximate surface area is 119 Å². The number of nitrogens with one attached hydrogen (secondary N) is 1. The smallest absolute Gasteiger partial charge is 0.224 e. The van der Waals surface area contributed by atoms with E-state index in [1.165, 1.54) is 0 Å². The number of rotatable bonds is 5. The molecule has 0 bridgehead atoms. The first-order chi connectivity index (χ1) is 9.56. The molecular weight excluding hydrogens is 252 g/mol. The molecule has 0 spiro atoms. The van der Waals surface area contributed by atoms with Crippen LogP contribution in [0.3, 0.4) is 0 Å². The van der Waals surface area contributed by atoms with Gasteiger partial charge in [-0.1, -0.05) is 13.8 Å². The van der Waals surface area contributed by atoms with Crippen molar-refractivity contribution in [2.45, 2.75) is 13.8 Å². The quantitative estimate of drug-likeness (QED) is 0.898. The number of hydrogen-bond donors (Lipinski definition) is 1. The van der Waals surface area contributed by atoms with Crippen molar-refractivity contribution in [3.05, 3.63) is 24.8 Å². The molecular formula is C14H20N6. The van der Waals surface area contributed by atoms with Crippen LogP contribution in [0.1, 0.15) is 13.8 Å². The Morgan fingerprint density at radius 1 is 1.10 bits per heavy atom. The zero-order chi connectivity index (χ0) is 14.5. The summed E-state index contributed by atoms with van der Waals surface area (Å²) >= 11 is 0. The van der Waals surface area contributed by atoms with Crippen molar-refractivity contribution in [2.24, 2.45) is 5.92 Å². The van der Waals surface area contributed by atoms with E-state index >= 15 is 0 Å². The van der Waals surface area contributed by atoms with E-state index < -0.39 is 0 Å². The number of nitrogens with zero attached hydrogens (tertiary/aromatic N) is 5. The van der Waals surface area contributed by atoms with E-state index in [9.17, 15) is 0 Å². The average molecular weight is 272 g/mol. The van der Waals surface area contributed by atoms with Crippen molar-refractivity contribution in [3.63, 3.8) is 0 Å². The van der Waals surface area contributed by atoms with Gasteiger partial charge in [0.15, 0.2) is 0 Å². The summed E-state index contributed by atoms with van der Waals surface area (Å²) in [7, 11) is 3.82. The minimum Gasteiger partial charge on any atom is -0.370 e. The maximum Gasteiger partial charge on any atom is 0.224 e. The molecule has 106 valence electrons. The van der Waals surface area contributed by atoms with E-state index in [2.05, 4.69) is 39.1 Å². The van der Waals surface area contributed by atoms with E-state index in [1.807, 2.05) is 25.1 Å². The van der Waals surface area contributed by atoms with Gasteiger partial charge in [0.1, 0.15) is 12.1 Å². The third-order valence-electron chi connectivity index (χ3n) is 2.69. The van der Waals surface area contributed by atoms with Gasteiger partial charge in [0.05, 0.1) is 5.69 Å². The van der Waals surface area contributed by atoms with E-state index in [0.29, 0.717) is 11.9 Å². The zero-order valence-corrected chi connectivity index (χ0v) is 12.3. The lowest BCUT2D eigenvalue weighted by Crippen LogP contribution is -2.12. The highest BCUT2D eigenvalue weighted by atomic mass is 15.2. The van der Waals surface area contributed by atoms with Gasteiger partial charge < -0.3 is 10.2 Å². The summed E-state index contributed by atoms with van der Waals surface area (Å²) in [6.45, 7) is 5.19. The second-order valence-electron chi connectivity index (χ2n) is 5.23. The van der Waals surface area contributed by atoms with Gasteiger partial charge in [0, 0.05) is 44.7 Å². The highest BCUT2D eigenvalue weighted by Gasteiger charge is 2.05. The largest absolute Gasteiger partial charge is 0.370 e. The van der Waals surface area contributed by atoms with Crippen LogP contribution in [0.15, 0.2) is 24.8 Å². The third-order valence-corrected chi connectivity index (χ3v) is 2.69. The van der Waals surface area contributed by atoms with Crippen molar-refractivity contribution in [1.29, 1.82) is 0 Å². The third kappa shape index (κ3) is 3.63. The van der Waals surface area contributed by atoms with Gasteiger partial charge in [-0.25, -0.2) is 19.9 Å². The van der Waals surface area contributed by atoms with Crippen LogP contribution in [0.25, 0.3) is 11.3 Å². The monoisotopic (exact) mass is 272 g/mol. The number of hydrogen-bond acceptors (Lipinski definition) is 6. The van der Waals surface area contributed by atoms with Gasteiger partial charge >= 0.3 is 0 Å². The van der Waals surface area contributed by atoms with Crippen LogP contribution >= 0.6 is 0 Å². The second-order valence-corrected chi connectivity index (χ2v) is 5.23. The van der Waals surface area contributed by atoms with Crippen LogP contribution in [0.2, 0.25) is 0 Å². The Kier molecular flexibility index (Phi) is 4.45. The summed E-state index contributed by atoms with van der Waals surface area (Å²) < 4.78 is 0. The van der Waals surface area contributed by atoms with Crippen molar-refractivity contribution >= 4 is 11.8 Å². The van der Waals surface area contributed by atoms with E-state index in [1.54, 1.807) is 18.7 Å². The first-order valence-electron chi connectivity index (χ1n) is 6.62. The molecule has 0 aliphatic heterocycles. The summed E-state index contributed by atoms with van der Waals surface area (Å²) in [4.78, 5) is 18.9. The predicted molar refractivity (Wildman–Crippen MR) is 80.7 cm³/mol. The Balaban J connectivity index is 2.17. The minimum atomic E-state index is 0.566. The van der Waals surface area contributed by atoms with E-state index in [0.717, 1.165) is 23.6 Å². The molecule has 20 heavy (non-hydrogen) atoms. The van der Waals surface area contributed by atoms with Crippen LogP contribution in [0.5, 0.6) is 0 Å². The first kappa shape index (κ1) is 14.2. The zero-order valence-electron chi connectivity index (χ0n) is 12.3. The lowest BCUT2D eigenvalue weighted by molar-refractivity contribution is 0.687. The summed E-state index contributed by atoms with van der Waals surface area (Å²) in [6, 6.07) is 1.91. The number of anilines is 2. The van der Waals surface area contributed by atoms with Crippen molar-refractivity contribution in [1.82, 2.24) is 19.9 Å². The summed E-state index contributed by atoms with van der Waals surface area (Å²) in [5, 5.41) is 3.28. The molecule has 0 saturated heterocycles. The van der Waals surface area contributed by atoms with Gasteiger partial charge in [-0.2, -0.15) is 0 Å². The standard InChI is InChI=1S/C14H20N6/c1-10(2)6-15-13-5-12(18-9-19-13)11-7-16-14(17-8-11)20(3)4/h5,7-10H,6H2,1-4H3,(H,15,18,19). The SMILES string of the molecule is CC(C)CNc1cc(-c2cnc(N(C)C)nc2)ncn1. The Morgan fingerprint density at radius 3 is 2.40 bits per heavy atom. The fourth-order valence-corrected chi connectivity index (χ4v) is 1.60. The van der Waals surface area contributed by atoms with Gasteiger partial charge in [0.2, 0.25) is 5.95 Å². The topological polar surface area (TPSA) is 66.8 Å². The normalized spacial score (nSPS) is 10.7. The van der Waals surface area contributed by atoms with Gasteiger partial charge in [-0.15, -0.1) is 0 Å². The molecule has 0 aliphatic carbocycles. The number of aromatic nitrogens is 4. The molecule has 0 atom stereocenters. The lowest BCUT2D eigenvalue weighted by Gasteiger charge is -2.10. The fourth-order valence-electron chi connectivity index (χ4n) is 1.60. The maximum atomic E-state index is 4.29. The van der Waals surface area contributed by atoms with Crippen LogP contribution in [-0.2, 0) is 0 Å². The van der Waals surface area contributed by atoms with Gasteiger partial charge in [-0.05, 0) is 5.92 Å². The predicted octanol–water partition coefficient (Wildman–Crippen LogP) is 2.07. The van der Waals surface area contributed by atoms with E-state index in [-0.39, 0.29) is 0 Å². The molecule has 0 amide bonds. The molecule has 0 aromatic carbocycles. The average Bonchev–Trinajstić information content (AvgIpc) is 2.45. The lowest BCUT2D eigenvalue weighted by atomic mass is 10.2. The van der Waals surface area contributed by atoms with Crippen LogP contribution in [-0.4, -0.2) is 40.6 Å². The molecule has 2 aromatic heterocycles. The molecule has 6 nitrogen and oxygen atoms in total. The van der Waals surface area contributed by atoms with Gasteiger partial charge in [-0.3, -0.25) is 0 Å². The van der Waals surface area contributed by atoms with Crippen molar-refractivity contribution in [3.8, 4) is 11.3 Å². The summed E-state index contributed by atoms with van der Waals surface area (Å²) in [5.41, 5.74) is 1.70. The van der Waals surface area contributed by atoms with Crippen LogP contribution < -0.4 is 10.2 Å².